The van der Waals surface area contributed by atoms with E-state index in [1.54, 1.807) is 0 Å². The first-order valence-corrected chi connectivity index (χ1v) is 6.68. The van der Waals surface area contributed by atoms with Crippen LogP contribution in [0.15, 0.2) is 30.3 Å². The zero-order valence-electron chi connectivity index (χ0n) is 9.82. The lowest BCUT2D eigenvalue weighted by Gasteiger charge is -2.06. The molecule has 0 saturated heterocycles. The molecule has 1 N–H and O–H groups in total. The maximum absolute atomic E-state index is 5.49. The highest BCUT2D eigenvalue weighted by Crippen LogP contribution is 2.28. The van der Waals surface area contributed by atoms with Gasteiger partial charge >= 0.3 is 0 Å². The molecular formula is C14H15NOS. The van der Waals surface area contributed by atoms with E-state index in [-0.39, 0.29) is 0 Å². The van der Waals surface area contributed by atoms with Crippen LogP contribution in [0.3, 0.4) is 0 Å². The van der Waals surface area contributed by atoms with Gasteiger partial charge in [-0.25, -0.2) is 0 Å². The van der Waals surface area contributed by atoms with Crippen LogP contribution in [0.25, 0.3) is 0 Å². The number of hydrogen-bond donors (Lipinski definition) is 1. The second-order valence-corrected chi connectivity index (χ2v) is 5.66. The minimum Gasteiger partial charge on any atom is -0.493 e. The average Bonchev–Trinajstić information content (AvgIpc) is 2.94. The van der Waals surface area contributed by atoms with Crippen molar-refractivity contribution in [3.63, 3.8) is 0 Å². The van der Waals surface area contributed by atoms with Crippen molar-refractivity contribution in [2.45, 2.75) is 19.9 Å². The fraction of sp³-hybridized carbons (Fsp3) is 0.286. The number of thiophene rings is 1. The Labute approximate surface area is 105 Å². The van der Waals surface area contributed by atoms with E-state index in [1.807, 2.05) is 11.3 Å². The fourth-order valence-electron chi connectivity index (χ4n) is 2.07. The van der Waals surface area contributed by atoms with E-state index in [0.717, 1.165) is 25.3 Å². The topological polar surface area (TPSA) is 21.3 Å². The first kappa shape index (κ1) is 10.7. The van der Waals surface area contributed by atoms with Crippen molar-refractivity contribution in [3.8, 4) is 5.75 Å². The van der Waals surface area contributed by atoms with Gasteiger partial charge in [-0.3, -0.25) is 0 Å². The molecule has 0 saturated carbocycles. The average molecular weight is 245 g/mol. The molecule has 0 fully saturated rings. The van der Waals surface area contributed by atoms with Crippen LogP contribution in [0.2, 0.25) is 0 Å². The number of nitrogens with one attached hydrogen (secondary N) is 1. The van der Waals surface area contributed by atoms with Gasteiger partial charge in [-0.15, -0.1) is 11.3 Å². The molecule has 0 bridgehead atoms. The Morgan fingerprint density at radius 1 is 1.29 bits per heavy atom. The number of benzene rings is 1. The number of ether oxygens (including phenoxy) is 1. The fourth-order valence-corrected chi connectivity index (χ4v) is 2.90. The van der Waals surface area contributed by atoms with Gasteiger partial charge < -0.3 is 10.1 Å². The molecule has 17 heavy (non-hydrogen) atoms. The highest BCUT2D eigenvalue weighted by molar-refractivity contribution is 7.11. The molecule has 2 nitrogen and oxygen atoms in total. The summed E-state index contributed by atoms with van der Waals surface area (Å²) >= 11 is 1.85. The Kier molecular flexibility index (Phi) is 2.77. The Balaban J connectivity index is 1.69. The smallest absolute Gasteiger partial charge is 0.122 e. The predicted molar refractivity (Wildman–Crippen MR) is 72.0 cm³/mol. The quantitative estimate of drug-likeness (QED) is 0.892. The summed E-state index contributed by atoms with van der Waals surface area (Å²) in [6.07, 6.45) is 1.03. The lowest BCUT2D eigenvalue weighted by molar-refractivity contribution is 0.357. The van der Waals surface area contributed by atoms with Gasteiger partial charge in [0.2, 0.25) is 0 Å². The highest BCUT2D eigenvalue weighted by atomic mass is 32.1. The molecule has 3 heteroatoms. The van der Waals surface area contributed by atoms with Gasteiger partial charge in [-0.1, -0.05) is 0 Å². The van der Waals surface area contributed by atoms with Crippen molar-refractivity contribution in [3.05, 3.63) is 45.6 Å². The molecule has 1 aliphatic rings. The van der Waals surface area contributed by atoms with E-state index in [9.17, 15) is 0 Å². The number of fused-ring (bicyclic) bond motifs is 1. The van der Waals surface area contributed by atoms with Crippen LogP contribution in [0.5, 0.6) is 5.75 Å². The van der Waals surface area contributed by atoms with Crippen LogP contribution in [0, 0.1) is 6.92 Å². The minimum atomic E-state index is 0.822. The van der Waals surface area contributed by atoms with Crippen LogP contribution < -0.4 is 10.1 Å². The van der Waals surface area contributed by atoms with E-state index in [2.05, 4.69) is 42.6 Å². The summed E-state index contributed by atoms with van der Waals surface area (Å²) in [6.45, 7) is 3.86. The summed E-state index contributed by atoms with van der Waals surface area (Å²) in [7, 11) is 0. The number of anilines is 1. The molecule has 0 radical (unpaired) electrons. The van der Waals surface area contributed by atoms with Gasteiger partial charge in [0.05, 0.1) is 6.61 Å². The highest BCUT2D eigenvalue weighted by Gasteiger charge is 2.11. The predicted octanol–water partition coefficient (Wildman–Crippen LogP) is 3.60. The van der Waals surface area contributed by atoms with Crippen LogP contribution in [-0.2, 0) is 13.0 Å². The molecule has 0 spiro atoms. The summed E-state index contributed by atoms with van der Waals surface area (Å²) in [6, 6.07) is 10.7. The summed E-state index contributed by atoms with van der Waals surface area (Å²) in [5, 5.41) is 3.46. The second-order valence-electron chi connectivity index (χ2n) is 4.29. The second kappa shape index (κ2) is 4.41. The monoisotopic (exact) mass is 245 g/mol. The molecular weight excluding hydrogens is 230 g/mol. The van der Waals surface area contributed by atoms with Crippen molar-refractivity contribution in [1.29, 1.82) is 0 Å². The summed E-state index contributed by atoms with van der Waals surface area (Å²) < 4.78 is 5.49. The maximum Gasteiger partial charge on any atom is 0.122 e. The molecule has 1 aromatic heterocycles. The molecule has 2 heterocycles. The number of rotatable bonds is 3. The minimum absolute atomic E-state index is 0.822. The van der Waals surface area contributed by atoms with E-state index in [0.29, 0.717) is 0 Å². The molecule has 1 aromatic carbocycles. The molecule has 0 atom stereocenters. The maximum atomic E-state index is 5.49. The van der Waals surface area contributed by atoms with Crippen LogP contribution >= 0.6 is 11.3 Å². The summed E-state index contributed by atoms with van der Waals surface area (Å²) in [5.41, 5.74) is 2.50. The van der Waals surface area contributed by atoms with Gasteiger partial charge in [0, 0.05) is 28.4 Å². The largest absolute Gasteiger partial charge is 0.493 e. The third-order valence-corrected chi connectivity index (χ3v) is 3.95. The van der Waals surface area contributed by atoms with Crippen molar-refractivity contribution >= 4 is 17.0 Å². The lowest BCUT2D eigenvalue weighted by atomic mass is 10.1. The van der Waals surface area contributed by atoms with Gasteiger partial charge in [0.1, 0.15) is 5.75 Å². The van der Waals surface area contributed by atoms with Gasteiger partial charge in [0.25, 0.3) is 0 Å². The Morgan fingerprint density at radius 2 is 2.24 bits per heavy atom. The van der Waals surface area contributed by atoms with Crippen molar-refractivity contribution in [1.82, 2.24) is 0 Å². The van der Waals surface area contributed by atoms with E-state index < -0.39 is 0 Å². The van der Waals surface area contributed by atoms with Gasteiger partial charge in [-0.2, -0.15) is 0 Å². The van der Waals surface area contributed by atoms with Crippen LogP contribution in [0.4, 0.5) is 5.69 Å². The third-order valence-electron chi connectivity index (χ3n) is 2.95. The van der Waals surface area contributed by atoms with Crippen molar-refractivity contribution in [2.24, 2.45) is 0 Å². The Hall–Kier alpha value is -1.48. The zero-order chi connectivity index (χ0) is 11.7. The summed E-state index contributed by atoms with van der Waals surface area (Å²) in [4.78, 5) is 2.74. The standard InChI is InChI=1S/C14H15NOS/c1-10-2-4-13(17-10)9-15-12-3-5-14-11(8-12)6-7-16-14/h2-5,8,15H,6-7,9H2,1H3. The van der Waals surface area contributed by atoms with E-state index in [1.165, 1.54) is 21.0 Å². The van der Waals surface area contributed by atoms with Gasteiger partial charge in [-0.05, 0) is 42.8 Å². The Morgan fingerprint density at radius 3 is 3.06 bits per heavy atom. The van der Waals surface area contributed by atoms with E-state index in [4.69, 9.17) is 4.74 Å². The van der Waals surface area contributed by atoms with Crippen molar-refractivity contribution < 1.29 is 4.74 Å². The molecule has 0 aliphatic carbocycles. The Bertz CT molecular complexity index is 533. The molecule has 2 aromatic rings. The van der Waals surface area contributed by atoms with Crippen molar-refractivity contribution in [2.75, 3.05) is 11.9 Å². The SMILES string of the molecule is Cc1ccc(CNc2ccc3c(c2)CCO3)s1. The third kappa shape index (κ3) is 2.29. The van der Waals surface area contributed by atoms with Crippen LogP contribution in [0.1, 0.15) is 15.3 Å². The summed E-state index contributed by atoms with van der Waals surface area (Å²) in [5.74, 6) is 1.04. The first-order chi connectivity index (χ1) is 8.31. The van der Waals surface area contributed by atoms with E-state index >= 15 is 0 Å². The molecule has 3 rings (SSSR count). The number of aryl methyl sites for hydroxylation is 1. The first-order valence-electron chi connectivity index (χ1n) is 5.86. The molecule has 0 amide bonds. The molecule has 88 valence electrons. The van der Waals surface area contributed by atoms with Gasteiger partial charge in [0.15, 0.2) is 0 Å². The lowest BCUT2D eigenvalue weighted by Crippen LogP contribution is -1.97. The molecule has 0 unspecified atom stereocenters. The molecule has 1 aliphatic heterocycles. The number of hydrogen-bond acceptors (Lipinski definition) is 3. The zero-order valence-corrected chi connectivity index (χ0v) is 10.6. The van der Waals surface area contributed by atoms with Crippen LogP contribution in [-0.4, -0.2) is 6.61 Å². The normalized spacial score (nSPS) is 13.2.